The first-order chi connectivity index (χ1) is 15.7. The number of carbonyl (C=O) groups excluding carboxylic acids is 4. The Balaban J connectivity index is 3.20. The van der Waals surface area contributed by atoms with E-state index in [1.807, 2.05) is 13.2 Å². The highest BCUT2D eigenvalue weighted by Crippen LogP contribution is 2.39. The lowest BCUT2D eigenvalue weighted by Crippen LogP contribution is -2.57. The number of nitrogens with zero attached hydrogens (tertiary/aromatic N) is 1. The topological polar surface area (TPSA) is 156 Å². The summed E-state index contributed by atoms with van der Waals surface area (Å²) in [6.07, 6.45) is 4.56. The number of aliphatic carboxylic acids is 1. The third-order valence-corrected chi connectivity index (χ3v) is 6.29. The number of hydrogen-bond donors (Lipinski definition) is 3. The predicted molar refractivity (Wildman–Crippen MR) is 129 cm³/mol. The maximum atomic E-state index is 13.3. The van der Waals surface area contributed by atoms with Crippen LogP contribution in [0.25, 0.3) is 0 Å². The summed E-state index contributed by atoms with van der Waals surface area (Å²) in [6, 6.07) is -2.62. The summed E-state index contributed by atoms with van der Waals surface area (Å²) in [5, 5.41) is 11.6. The maximum Gasteiger partial charge on any atom is 0.424 e. The number of imide groups is 3. The summed E-state index contributed by atoms with van der Waals surface area (Å²) >= 11 is 1.48. The number of carboxylic acids is 1. The van der Waals surface area contributed by atoms with Crippen LogP contribution in [0.1, 0.15) is 79.1 Å². The molecule has 0 aromatic heterocycles. The van der Waals surface area contributed by atoms with Gasteiger partial charge in [0.1, 0.15) is 11.6 Å². The van der Waals surface area contributed by atoms with Crippen molar-refractivity contribution in [1.82, 2.24) is 10.2 Å². The molecule has 11 heteroatoms. The molecule has 34 heavy (non-hydrogen) atoms. The highest BCUT2D eigenvalue weighted by Gasteiger charge is 2.41. The van der Waals surface area contributed by atoms with Crippen LogP contribution in [-0.4, -0.2) is 69.5 Å². The fourth-order valence-electron chi connectivity index (χ4n) is 3.83. The van der Waals surface area contributed by atoms with Crippen LogP contribution in [0.5, 0.6) is 0 Å². The Labute approximate surface area is 205 Å². The average molecular weight is 502 g/mol. The van der Waals surface area contributed by atoms with Crippen LogP contribution in [0.3, 0.4) is 0 Å². The minimum atomic E-state index is -1.65. The zero-order chi connectivity index (χ0) is 26.1. The minimum absolute atomic E-state index is 0.0705. The molecule has 0 unspecified atom stereocenters. The summed E-state index contributed by atoms with van der Waals surface area (Å²) in [5.41, 5.74) is 4.46. The van der Waals surface area contributed by atoms with Crippen LogP contribution in [0.15, 0.2) is 0 Å². The molecule has 0 bridgehead atoms. The van der Waals surface area contributed by atoms with E-state index in [-0.39, 0.29) is 11.8 Å². The lowest BCUT2D eigenvalue weighted by molar-refractivity contribution is -0.150. The molecule has 0 aliphatic heterocycles. The van der Waals surface area contributed by atoms with Crippen molar-refractivity contribution in [1.29, 1.82) is 0 Å². The first-order valence-corrected chi connectivity index (χ1v) is 12.9. The third-order valence-electron chi connectivity index (χ3n) is 5.65. The summed E-state index contributed by atoms with van der Waals surface area (Å²) in [7, 11) is 0. The van der Waals surface area contributed by atoms with E-state index in [0.717, 1.165) is 32.1 Å². The van der Waals surface area contributed by atoms with Gasteiger partial charge in [0.2, 0.25) is 11.8 Å². The van der Waals surface area contributed by atoms with Crippen LogP contribution >= 0.6 is 11.8 Å². The summed E-state index contributed by atoms with van der Waals surface area (Å²) < 4.78 is 5.28. The molecular formula is C23H39N3O7S. The van der Waals surface area contributed by atoms with E-state index < -0.39 is 53.9 Å². The molecular weight excluding hydrogens is 462 g/mol. The molecule has 4 N–H and O–H groups in total. The molecule has 1 rings (SSSR count). The van der Waals surface area contributed by atoms with Gasteiger partial charge >= 0.3 is 12.1 Å². The van der Waals surface area contributed by atoms with Gasteiger partial charge in [-0.3, -0.25) is 19.2 Å². The molecule has 1 fully saturated rings. The van der Waals surface area contributed by atoms with Crippen molar-refractivity contribution in [2.45, 2.75) is 96.7 Å². The largest absolute Gasteiger partial charge is 0.481 e. The smallest absolute Gasteiger partial charge is 0.424 e. The van der Waals surface area contributed by atoms with Crippen LogP contribution in [0.2, 0.25) is 0 Å². The second kappa shape index (κ2) is 13.1. The van der Waals surface area contributed by atoms with Crippen molar-refractivity contribution in [2.24, 2.45) is 11.1 Å². The molecule has 1 aliphatic carbocycles. The Morgan fingerprint density at radius 2 is 1.74 bits per heavy atom. The number of amides is 4. The molecule has 4 amide bonds. The standard InChI is InChI=1S/C23H39N3O7S/c1-22(2,3)33-21(32)26(17(27)14-23(4)10-7-6-8-11-23)20(31)16(13-18(28)29)25-19(30)15(24)9-12-34-5/h15-16H,6-14,24H2,1-5H3,(H,25,30)(H,28,29)/t15-,16-/m0/s1. The molecule has 2 atom stereocenters. The SMILES string of the molecule is CSCC[C@H](N)C(=O)N[C@@H](CC(=O)O)C(=O)N(C(=O)CC1(C)CCCCC1)C(=O)OC(C)(C)C. The molecule has 0 spiro atoms. The lowest BCUT2D eigenvalue weighted by Gasteiger charge is -2.35. The van der Waals surface area contributed by atoms with E-state index >= 15 is 0 Å². The van der Waals surface area contributed by atoms with Gasteiger partial charge in [0, 0.05) is 6.42 Å². The zero-order valence-corrected chi connectivity index (χ0v) is 21.7. The number of hydrogen-bond acceptors (Lipinski definition) is 8. The van der Waals surface area contributed by atoms with Gasteiger partial charge in [-0.15, -0.1) is 0 Å². The number of nitrogens with one attached hydrogen (secondary N) is 1. The zero-order valence-electron chi connectivity index (χ0n) is 20.8. The molecule has 194 valence electrons. The average Bonchev–Trinajstić information content (AvgIpc) is 2.69. The number of rotatable bonds is 10. The number of ether oxygens (including phenoxy) is 1. The molecule has 1 aliphatic rings. The van der Waals surface area contributed by atoms with Crippen molar-refractivity contribution < 1.29 is 33.8 Å². The predicted octanol–water partition coefficient (Wildman–Crippen LogP) is 2.68. The van der Waals surface area contributed by atoms with Crippen molar-refractivity contribution in [3.8, 4) is 0 Å². The summed E-state index contributed by atoms with van der Waals surface area (Å²) in [4.78, 5) is 63.8. The Hall–Kier alpha value is -2.14. The number of carboxylic acid groups (broad SMARTS) is 1. The van der Waals surface area contributed by atoms with Gasteiger partial charge in [0.05, 0.1) is 12.5 Å². The monoisotopic (exact) mass is 501 g/mol. The Morgan fingerprint density at radius 1 is 1.15 bits per heavy atom. The van der Waals surface area contributed by atoms with Crippen LogP contribution in [0, 0.1) is 5.41 Å². The Kier molecular flexibility index (Phi) is 11.5. The van der Waals surface area contributed by atoms with E-state index in [9.17, 15) is 29.1 Å². The van der Waals surface area contributed by atoms with Gasteiger partial charge in [-0.1, -0.05) is 26.2 Å². The van der Waals surface area contributed by atoms with Crippen molar-refractivity contribution >= 4 is 41.5 Å². The minimum Gasteiger partial charge on any atom is -0.481 e. The van der Waals surface area contributed by atoms with Crippen LogP contribution in [-0.2, 0) is 23.9 Å². The fourth-order valence-corrected chi connectivity index (χ4v) is 4.32. The third kappa shape index (κ3) is 10.0. The van der Waals surface area contributed by atoms with E-state index in [1.165, 1.54) is 11.8 Å². The molecule has 0 heterocycles. The van der Waals surface area contributed by atoms with E-state index in [2.05, 4.69) is 5.32 Å². The number of carbonyl (C=O) groups is 5. The molecule has 0 saturated heterocycles. The molecule has 0 radical (unpaired) electrons. The van der Waals surface area contributed by atoms with Crippen LogP contribution in [0.4, 0.5) is 4.79 Å². The van der Waals surface area contributed by atoms with Gasteiger partial charge in [0.25, 0.3) is 5.91 Å². The molecule has 10 nitrogen and oxygen atoms in total. The van der Waals surface area contributed by atoms with Gasteiger partial charge in [0.15, 0.2) is 0 Å². The fraction of sp³-hybridized carbons (Fsp3) is 0.783. The number of nitrogens with two attached hydrogens (primary N) is 1. The highest BCUT2D eigenvalue weighted by molar-refractivity contribution is 7.98. The molecule has 0 aromatic rings. The maximum absolute atomic E-state index is 13.3. The van der Waals surface area contributed by atoms with Gasteiger partial charge in [-0.25, -0.2) is 4.79 Å². The molecule has 0 aromatic carbocycles. The number of thioether (sulfide) groups is 1. The first kappa shape index (κ1) is 29.9. The second-order valence-electron chi connectivity index (χ2n) is 10.1. The Morgan fingerprint density at radius 3 is 2.24 bits per heavy atom. The van der Waals surface area contributed by atoms with Crippen molar-refractivity contribution in [3.05, 3.63) is 0 Å². The van der Waals surface area contributed by atoms with Crippen molar-refractivity contribution in [2.75, 3.05) is 12.0 Å². The Bertz CT molecular complexity index is 760. The van der Waals surface area contributed by atoms with Gasteiger partial charge in [-0.05, 0) is 57.5 Å². The van der Waals surface area contributed by atoms with Gasteiger partial charge in [-0.2, -0.15) is 16.7 Å². The summed E-state index contributed by atoms with van der Waals surface area (Å²) in [6.45, 7) is 6.69. The quantitative estimate of drug-likeness (QED) is 0.409. The first-order valence-electron chi connectivity index (χ1n) is 11.6. The van der Waals surface area contributed by atoms with Crippen LogP contribution < -0.4 is 11.1 Å². The summed E-state index contributed by atoms with van der Waals surface area (Å²) in [5.74, 6) is -3.45. The second-order valence-corrected chi connectivity index (χ2v) is 11.1. The van der Waals surface area contributed by atoms with E-state index in [0.29, 0.717) is 17.1 Å². The molecule has 1 saturated carbocycles. The van der Waals surface area contributed by atoms with Crippen molar-refractivity contribution in [3.63, 3.8) is 0 Å². The van der Waals surface area contributed by atoms with E-state index in [4.69, 9.17) is 10.5 Å². The lowest BCUT2D eigenvalue weighted by atomic mass is 9.73. The normalized spacial score (nSPS) is 17.2. The highest BCUT2D eigenvalue weighted by atomic mass is 32.2. The van der Waals surface area contributed by atoms with E-state index in [1.54, 1.807) is 20.8 Å². The van der Waals surface area contributed by atoms with Gasteiger partial charge < -0.3 is 20.9 Å².